The molecule has 1 aliphatic rings. The van der Waals surface area contributed by atoms with Crippen molar-refractivity contribution in [2.75, 3.05) is 0 Å². The summed E-state index contributed by atoms with van der Waals surface area (Å²) in [7, 11) is 1.79. The predicted octanol–water partition coefficient (Wildman–Crippen LogP) is 9.18. The maximum Gasteiger partial charge on any atom is 0.217 e. The molecule has 1 aliphatic carbocycles. The summed E-state index contributed by atoms with van der Waals surface area (Å²) in [6.07, 6.45) is 5.28. The van der Waals surface area contributed by atoms with Crippen LogP contribution in [0.15, 0.2) is 47.0 Å². The summed E-state index contributed by atoms with van der Waals surface area (Å²) in [6.45, 7) is 7.73. The van der Waals surface area contributed by atoms with Gasteiger partial charge in [-0.1, -0.05) is 58.9 Å². The molecule has 5 rings (SSSR count). The van der Waals surface area contributed by atoms with Crippen molar-refractivity contribution in [1.29, 1.82) is 0 Å². The molecule has 200 valence electrons. The van der Waals surface area contributed by atoms with Crippen molar-refractivity contribution in [3.8, 4) is 22.4 Å². The first-order chi connectivity index (χ1) is 20.6. The molecule has 3 heteroatoms. The van der Waals surface area contributed by atoms with E-state index in [0.29, 0.717) is 58.6 Å². The standard InChI is InChI=1S/C35H45N2O/c1-22-10-13-29-33(38-31(36-29)20-34(4,5)6)32(22)30-19-28(24(3)21-37(30)9)27-12-11-26(18-23(27)2)25-14-16-35(7,8)17-15-25/h10-13,18-19,21,25H,14-17,20H2,1-9H3/q+1/i2D3,3D3,25D. The molecular weight excluding hydrogens is 464 g/mol. The largest absolute Gasteiger partial charge is 0.440 e. The Hall–Kier alpha value is -2.94. The number of nitrogens with zero attached hydrogens (tertiary/aromatic N) is 2. The lowest BCUT2D eigenvalue weighted by Gasteiger charge is -2.34. The number of aryl methyl sites for hydroxylation is 4. The SMILES string of the molecule is [2H]C([2H])([2H])c1cc(C2([2H])CCC(C)(C)CC2)ccc1-c1cc(-c2c(C)ccc3nc(CC(C)(C)C)oc23)[n+](C)cc1C([2H])([2H])[2H]. The van der Waals surface area contributed by atoms with E-state index >= 15 is 0 Å². The van der Waals surface area contributed by atoms with Crippen molar-refractivity contribution in [2.24, 2.45) is 17.9 Å². The highest BCUT2D eigenvalue weighted by molar-refractivity contribution is 5.91. The van der Waals surface area contributed by atoms with Gasteiger partial charge in [0.25, 0.3) is 0 Å². The van der Waals surface area contributed by atoms with Crippen LogP contribution in [0.5, 0.6) is 0 Å². The molecule has 0 atom stereocenters. The molecule has 1 saturated carbocycles. The Kier molecular flexibility index (Phi) is 4.88. The molecule has 0 radical (unpaired) electrons. The van der Waals surface area contributed by atoms with Gasteiger partial charge in [0.1, 0.15) is 12.6 Å². The van der Waals surface area contributed by atoms with Gasteiger partial charge in [0.15, 0.2) is 17.7 Å². The molecule has 2 aromatic carbocycles. The van der Waals surface area contributed by atoms with Crippen LogP contribution in [-0.2, 0) is 13.5 Å². The van der Waals surface area contributed by atoms with Gasteiger partial charge in [0.05, 0.1) is 5.56 Å². The minimum atomic E-state index is -2.53. The van der Waals surface area contributed by atoms with Crippen LogP contribution in [0.3, 0.4) is 0 Å². The fourth-order valence-electron chi connectivity index (χ4n) is 5.62. The van der Waals surface area contributed by atoms with Crippen molar-refractivity contribution >= 4 is 11.1 Å². The highest BCUT2D eigenvalue weighted by atomic mass is 16.3. The van der Waals surface area contributed by atoms with Crippen LogP contribution in [0.2, 0.25) is 0 Å². The van der Waals surface area contributed by atoms with Crippen molar-refractivity contribution in [3.63, 3.8) is 0 Å². The Morgan fingerprint density at radius 1 is 1.03 bits per heavy atom. The van der Waals surface area contributed by atoms with Gasteiger partial charge in [-0.05, 0) is 96.9 Å². The van der Waals surface area contributed by atoms with Crippen LogP contribution in [0, 0.1) is 31.5 Å². The van der Waals surface area contributed by atoms with Crippen LogP contribution >= 0.6 is 0 Å². The second-order valence-electron chi connectivity index (χ2n) is 13.1. The molecule has 0 aliphatic heterocycles. The monoisotopic (exact) mass is 516 g/mol. The third kappa shape index (κ3) is 5.30. The highest BCUT2D eigenvalue weighted by Gasteiger charge is 2.28. The van der Waals surface area contributed by atoms with E-state index in [9.17, 15) is 1.37 Å². The van der Waals surface area contributed by atoms with E-state index in [0.717, 1.165) is 24.0 Å². The average Bonchev–Trinajstić information content (AvgIpc) is 3.30. The Morgan fingerprint density at radius 3 is 2.45 bits per heavy atom. The van der Waals surface area contributed by atoms with Crippen molar-refractivity contribution in [1.82, 2.24) is 4.98 Å². The zero-order chi connectivity index (χ0) is 33.3. The molecular formula is C35H45N2O+. The number of hydrogen-bond donors (Lipinski definition) is 0. The van der Waals surface area contributed by atoms with Crippen molar-refractivity contribution in [2.45, 2.75) is 93.2 Å². The molecule has 1 fully saturated rings. The first-order valence-corrected chi connectivity index (χ1v) is 13.7. The Bertz CT molecular complexity index is 1750. The third-order valence-electron chi connectivity index (χ3n) is 7.95. The van der Waals surface area contributed by atoms with Gasteiger partial charge in [-0.3, -0.25) is 0 Å². The molecule has 0 bridgehead atoms. The summed E-state index contributed by atoms with van der Waals surface area (Å²) in [5.74, 6) is -0.263. The number of rotatable bonds is 4. The van der Waals surface area contributed by atoms with Gasteiger partial charge >= 0.3 is 0 Å². The quantitative estimate of drug-likeness (QED) is 0.253. The second kappa shape index (κ2) is 9.67. The van der Waals surface area contributed by atoms with Crippen molar-refractivity contribution in [3.05, 3.63) is 70.7 Å². The Labute approximate surface area is 239 Å². The van der Waals surface area contributed by atoms with E-state index in [-0.39, 0.29) is 22.0 Å². The molecule has 0 saturated heterocycles. The van der Waals surface area contributed by atoms with Gasteiger partial charge in [0, 0.05) is 27.6 Å². The van der Waals surface area contributed by atoms with E-state index in [1.807, 2.05) is 25.1 Å². The molecule has 0 N–H and O–H groups in total. The topological polar surface area (TPSA) is 29.9 Å². The van der Waals surface area contributed by atoms with Crippen LogP contribution in [0.25, 0.3) is 33.5 Å². The zero-order valence-corrected chi connectivity index (χ0v) is 23.9. The third-order valence-corrected chi connectivity index (χ3v) is 7.95. The zero-order valence-electron chi connectivity index (χ0n) is 30.9. The van der Waals surface area contributed by atoms with Gasteiger partial charge in [-0.25, -0.2) is 9.55 Å². The Morgan fingerprint density at radius 2 is 1.76 bits per heavy atom. The summed E-state index contributed by atoms with van der Waals surface area (Å²) in [5, 5.41) is 0. The normalized spacial score (nSPS) is 20.6. The minimum Gasteiger partial charge on any atom is -0.440 e. The highest BCUT2D eigenvalue weighted by Crippen LogP contribution is 2.43. The van der Waals surface area contributed by atoms with Gasteiger partial charge in [-0.2, -0.15) is 0 Å². The van der Waals surface area contributed by atoms with Crippen LogP contribution in [0.4, 0.5) is 0 Å². The first kappa shape index (κ1) is 19.2. The summed E-state index contributed by atoms with van der Waals surface area (Å²) in [5.41, 5.74) is 5.28. The van der Waals surface area contributed by atoms with E-state index < -0.39 is 19.6 Å². The Balaban J connectivity index is 1.74. The summed E-state index contributed by atoms with van der Waals surface area (Å²) >= 11 is 0. The fraction of sp³-hybridized carbons (Fsp3) is 0.486. The van der Waals surface area contributed by atoms with Gasteiger partial charge in [0.2, 0.25) is 5.69 Å². The van der Waals surface area contributed by atoms with E-state index in [1.165, 1.54) is 0 Å². The van der Waals surface area contributed by atoms with Gasteiger partial charge in [-0.15, -0.1) is 0 Å². The number of oxazole rings is 1. The molecule has 2 aromatic heterocycles. The number of hydrogen-bond acceptors (Lipinski definition) is 2. The lowest BCUT2D eigenvalue weighted by atomic mass is 9.71. The van der Waals surface area contributed by atoms with E-state index in [2.05, 4.69) is 34.6 Å². The molecule has 0 amide bonds. The fourth-order valence-corrected chi connectivity index (χ4v) is 5.62. The second-order valence-corrected chi connectivity index (χ2v) is 13.1. The predicted molar refractivity (Wildman–Crippen MR) is 158 cm³/mol. The number of aromatic nitrogens is 2. The molecule has 3 nitrogen and oxygen atoms in total. The van der Waals surface area contributed by atoms with Crippen LogP contribution < -0.4 is 4.57 Å². The van der Waals surface area contributed by atoms with E-state index in [1.54, 1.807) is 36.0 Å². The molecule has 2 heterocycles. The number of fused-ring (bicyclic) bond motifs is 1. The molecule has 38 heavy (non-hydrogen) atoms. The summed E-state index contributed by atoms with van der Waals surface area (Å²) < 4.78 is 68.2. The lowest BCUT2D eigenvalue weighted by Crippen LogP contribution is -2.31. The van der Waals surface area contributed by atoms with Crippen LogP contribution in [0.1, 0.15) is 104 Å². The number of benzene rings is 2. The minimum absolute atomic E-state index is 0.0292. The van der Waals surface area contributed by atoms with Gasteiger partial charge < -0.3 is 4.42 Å². The smallest absolute Gasteiger partial charge is 0.217 e. The van der Waals surface area contributed by atoms with Crippen LogP contribution in [-0.4, -0.2) is 4.98 Å². The maximum atomic E-state index is 9.29. The molecule has 0 spiro atoms. The average molecular weight is 517 g/mol. The first-order valence-electron chi connectivity index (χ1n) is 17.2. The van der Waals surface area contributed by atoms with E-state index in [4.69, 9.17) is 17.6 Å². The molecule has 0 unspecified atom stereocenters. The summed E-state index contributed by atoms with van der Waals surface area (Å²) in [4.78, 5) is 4.75. The molecule has 4 aromatic rings. The van der Waals surface area contributed by atoms with Crippen molar-refractivity contribution < 1.29 is 18.6 Å². The summed E-state index contributed by atoms with van der Waals surface area (Å²) in [6, 6.07) is 10.8. The lowest BCUT2D eigenvalue weighted by molar-refractivity contribution is -0.660. The number of pyridine rings is 1. The maximum absolute atomic E-state index is 9.29.